The Balaban J connectivity index is 2.16. The van der Waals surface area contributed by atoms with E-state index in [1.54, 1.807) is 49.4 Å². The highest BCUT2D eigenvalue weighted by molar-refractivity contribution is 6.05. The third-order valence-corrected chi connectivity index (χ3v) is 3.58. The van der Waals surface area contributed by atoms with Crippen molar-refractivity contribution in [2.24, 2.45) is 0 Å². The first-order chi connectivity index (χ1) is 12.4. The average Bonchev–Trinajstić information content (AvgIpc) is 2.62. The summed E-state index contributed by atoms with van der Waals surface area (Å²) in [5.74, 6) is -0.106. The standard InChI is InChI=1S/C21H23NO4/c1-5-25-21(24)17-10-9-15(4)19(12-17)22-20(23)16-7-6-8-18(11-16)26-13-14(2)3/h6-12H,2,5,13H2,1,3-4H3,(H,22,23). The van der Waals surface area contributed by atoms with Crippen LogP contribution in [0.1, 0.15) is 40.1 Å². The SMILES string of the molecule is C=C(C)COc1cccc(C(=O)Nc2cc(C(=O)OCC)ccc2C)c1. The van der Waals surface area contributed by atoms with Crippen molar-refractivity contribution in [2.75, 3.05) is 18.5 Å². The van der Waals surface area contributed by atoms with Crippen LogP contribution in [0.2, 0.25) is 0 Å². The molecular formula is C21H23NO4. The summed E-state index contributed by atoms with van der Waals surface area (Å²) >= 11 is 0. The average molecular weight is 353 g/mol. The van der Waals surface area contributed by atoms with Gasteiger partial charge in [0.25, 0.3) is 5.91 Å². The molecule has 0 atom stereocenters. The maximum atomic E-state index is 12.6. The molecule has 2 rings (SSSR count). The van der Waals surface area contributed by atoms with E-state index in [1.165, 1.54) is 0 Å². The molecule has 0 unspecified atom stereocenters. The molecular weight excluding hydrogens is 330 g/mol. The third kappa shape index (κ3) is 5.21. The second-order valence-electron chi connectivity index (χ2n) is 5.98. The number of aryl methyl sites for hydroxylation is 1. The van der Waals surface area contributed by atoms with Gasteiger partial charge in [0.1, 0.15) is 12.4 Å². The number of carbonyl (C=O) groups is 2. The minimum Gasteiger partial charge on any atom is -0.489 e. The number of hydrogen-bond donors (Lipinski definition) is 1. The second kappa shape index (κ2) is 8.85. The first-order valence-electron chi connectivity index (χ1n) is 8.37. The van der Waals surface area contributed by atoms with Crippen LogP contribution in [-0.4, -0.2) is 25.1 Å². The number of ether oxygens (including phenoxy) is 2. The van der Waals surface area contributed by atoms with Gasteiger partial charge in [-0.05, 0) is 62.2 Å². The summed E-state index contributed by atoms with van der Waals surface area (Å²) in [6.07, 6.45) is 0. The molecule has 0 fully saturated rings. The van der Waals surface area contributed by atoms with Gasteiger partial charge >= 0.3 is 5.97 Å². The van der Waals surface area contributed by atoms with Crippen LogP contribution in [-0.2, 0) is 4.74 Å². The molecule has 5 heteroatoms. The van der Waals surface area contributed by atoms with Gasteiger partial charge in [0.2, 0.25) is 0 Å². The number of benzene rings is 2. The molecule has 0 heterocycles. The summed E-state index contributed by atoms with van der Waals surface area (Å²) in [6, 6.07) is 12.0. The molecule has 0 aromatic heterocycles. The smallest absolute Gasteiger partial charge is 0.338 e. The zero-order valence-corrected chi connectivity index (χ0v) is 15.3. The van der Waals surface area contributed by atoms with Crippen LogP contribution in [0, 0.1) is 6.92 Å². The molecule has 0 saturated heterocycles. The second-order valence-corrected chi connectivity index (χ2v) is 5.98. The number of esters is 1. The van der Waals surface area contributed by atoms with Crippen molar-refractivity contribution >= 4 is 17.6 Å². The summed E-state index contributed by atoms with van der Waals surface area (Å²) in [6.45, 7) is 9.96. The molecule has 2 aromatic rings. The van der Waals surface area contributed by atoms with E-state index in [0.717, 1.165) is 11.1 Å². The van der Waals surface area contributed by atoms with Gasteiger partial charge in [-0.25, -0.2) is 4.79 Å². The van der Waals surface area contributed by atoms with Crippen LogP contribution in [0.3, 0.4) is 0 Å². The molecule has 136 valence electrons. The Kier molecular flexibility index (Phi) is 6.55. The van der Waals surface area contributed by atoms with Gasteiger partial charge < -0.3 is 14.8 Å². The number of carbonyl (C=O) groups excluding carboxylic acids is 2. The predicted molar refractivity (Wildman–Crippen MR) is 102 cm³/mol. The minimum atomic E-state index is -0.418. The summed E-state index contributed by atoms with van der Waals surface area (Å²) in [7, 11) is 0. The maximum absolute atomic E-state index is 12.6. The number of nitrogens with one attached hydrogen (secondary N) is 1. The predicted octanol–water partition coefficient (Wildman–Crippen LogP) is 4.38. The van der Waals surface area contributed by atoms with Gasteiger partial charge in [-0.2, -0.15) is 0 Å². The van der Waals surface area contributed by atoms with Crippen molar-refractivity contribution in [3.05, 3.63) is 71.3 Å². The number of hydrogen-bond acceptors (Lipinski definition) is 4. The number of anilines is 1. The van der Waals surface area contributed by atoms with E-state index in [-0.39, 0.29) is 5.91 Å². The molecule has 26 heavy (non-hydrogen) atoms. The lowest BCUT2D eigenvalue weighted by molar-refractivity contribution is 0.0526. The maximum Gasteiger partial charge on any atom is 0.338 e. The molecule has 0 radical (unpaired) electrons. The van der Waals surface area contributed by atoms with E-state index >= 15 is 0 Å². The lowest BCUT2D eigenvalue weighted by Crippen LogP contribution is -2.14. The molecule has 1 N–H and O–H groups in total. The van der Waals surface area contributed by atoms with Gasteiger partial charge in [0.05, 0.1) is 12.2 Å². The van der Waals surface area contributed by atoms with Gasteiger partial charge in [-0.3, -0.25) is 4.79 Å². The van der Waals surface area contributed by atoms with Gasteiger partial charge in [0.15, 0.2) is 0 Å². The fourth-order valence-electron chi connectivity index (χ4n) is 2.23. The van der Waals surface area contributed by atoms with Crippen LogP contribution in [0.15, 0.2) is 54.6 Å². The topological polar surface area (TPSA) is 64.6 Å². The van der Waals surface area contributed by atoms with Crippen LogP contribution in [0.4, 0.5) is 5.69 Å². The van der Waals surface area contributed by atoms with Crippen LogP contribution >= 0.6 is 0 Å². The monoisotopic (exact) mass is 353 g/mol. The Labute approximate surface area is 153 Å². The van der Waals surface area contributed by atoms with E-state index in [9.17, 15) is 9.59 Å². The molecule has 0 bridgehead atoms. The summed E-state index contributed by atoms with van der Waals surface area (Å²) < 4.78 is 10.6. The van der Waals surface area contributed by atoms with Crippen molar-refractivity contribution in [3.8, 4) is 5.75 Å². The number of rotatable bonds is 7. The fourth-order valence-corrected chi connectivity index (χ4v) is 2.23. The summed E-state index contributed by atoms with van der Waals surface area (Å²) in [4.78, 5) is 24.4. The summed E-state index contributed by atoms with van der Waals surface area (Å²) in [5, 5.41) is 2.84. The van der Waals surface area contributed by atoms with Crippen LogP contribution < -0.4 is 10.1 Å². The van der Waals surface area contributed by atoms with Crippen molar-refractivity contribution in [1.29, 1.82) is 0 Å². The zero-order chi connectivity index (χ0) is 19.1. The largest absolute Gasteiger partial charge is 0.489 e. The van der Waals surface area contributed by atoms with Crippen LogP contribution in [0.25, 0.3) is 0 Å². The Morgan fingerprint density at radius 3 is 2.58 bits per heavy atom. The highest BCUT2D eigenvalue weighted by Crippen LogP contribution is 2.20. The Morgan fingerprint density at radius 1 is 1.12 bits per heavy atom. The van der Waals surface area contributed by atoms with Gasteiger partial charge in [-0.15, -0.1) is 0 Å². The lowest BCUT2D eigenvalue weighted by Gasteiger charge is -2.11. The Hall–Kier alpha value is -3.08. The van der Waals surface area contributed by atoms with Crippen molar-refractivity contribution < 1.29 is 19.1 Å². The van der Waals surface area contributed by atoms with Crippen molar-refractivity contribution in [2.45, 2.75) is 20.8 Å². The molecule has 1 amide bonds. The van der Waals surface area contributed by atoms with E-state index < -0.39 is 5.97 Å². The zero-order valence-electron chi connectivity index (χ0n) is 15.3. The fraction of sp³-hybridized carbons (Fsp3) is 0.238. The molecule has 0 aliphatic rings. The first kappa shape index (κ1) is 19.2. The highest BCUT2D eigenvalue weighted by atomic mass is 16.5. The molecule has 5 nitrogen and oxygen atoms in total. The minimum absolute atomic E-state index is 0.283. The van der Waals surface area contributed by atoms with Crippen molar-refractivity contribution in [3.63, 3.8) is 0 Å². The van der Waals surface area contributed by atoms with Crippen LogP contribution in [0.5, 0.6) is 5.75 Å². The lowest BCUT2D eigenvalue weighted by atomic mass is 10.1. The summed E-state index contributed by atoms with van der Waals surface area (Å²) in [5.41, 5.74) is 3.16. The molecule has 0 aliphatic carbocycles. The Bertz CT molecular complexity index is 827. The highest BCUT2D eigenvalue weighted by Gasteiger charge is 2.12. The number of amides is 1. The van der Waals surface area contributed by atoms with E-state index in [4.69, 9.17) is 9.47 Å². The Morgan fingerprint density at radius 2 is 1.88 bits per heavy atom. The molecule has 0 aliphatic heterocycles. The molecule has 0 saturated carbocycles. The van der Waals surface area contributed by atoms with E-state index in [1.807, 2.05) is 13.8 Å². The third-order valence-electron chi connectivity index (χ3n) is 3.58. The van der Waals surface area contributed by atoms with Gasteiger partial charge in [0, 0.05) is 11.3 Å². The molecule has 2 aromatic carbocycles. The van der Waals surface area contributed by atoms with E-state index in [2.05, 4.69) is 11.9 Å². The van der Waals surface area contributed by atoms with Crippen molar-refractivity contribution in [1.82, 2.24) is 0 Å². The first-order valence-corrected chi connectivity index (χ1v) is 8.37. The normalized spacial score (nSPS) is 10.1. The van der Waals surface area contributed by atoms with Gasteiger partial charge in [-0.1, -0.05) is 18.7 Å². The molecule has 0 spiro atoms. The quantitative estimate of drug-likeness (QED) is 0.593. The van der Waals surface area contributed by atoms with E-state index in [0.29, 0.717) is 35.8 Å².